The molecule has 0 bridgehead atoms. The Morgan fingerprint density at radius 3 is 1.49 bits per heavy atom. The van der Waals surface area contributed by atoms with Crippen LogP contribution in [0.4, 0.5) is 57.9 Å². The molecule has 8 aromatic rings. The molecule has 4 atom stereocenters. The van der Waals surface area contributed by atoms with Gasteiger partial charge in [0.2, 0.25) is 5.95 Å². The molecule has 84 heavy (non-hydrogen) atoms. The quantitative estimate of drug-likeness (QED) is 0.0795. The molecule has 422 valence electrons. The first-order valence-corrected chi connectivity index (χ1v) is 26.0. The average Bonchev–Trinajstić information content (AvgIpc) is 2.00. The van der Waals surface area contributed by atoms with Crippen LogP contribution in [0.2, 0.25) is 0 Å². The van der Waals surface area contributed by atoms with Gasteiger partial charge in [-0.05, 0) is 110 Å². The average molecular weight is 1140 g/mol. The Morgan fingerprint density at radius 1 is 0.607 bits per heavy atom. The first-order chi connectivity index (χ1) is 39.6. The minimum atomic E-state index is -4.38. The number of amides is 2. The Labute approximate surface area is 485 Å². The van der Waals surface area contributed by atoms with Crippen LogP contribution in [0, 0.1) is 6.08 Å². The highest BCUT2D eigenvalue weighted by atomic mass is 19.4. The number of carbonyl (C=O) groups excluding carboxylic acids is 2. The molecule has 0 unspecified atom stereocenters. The van der Waals surface area contributed by atoms with Gasteiger partial charge < -0.3 is 29.7 Å². The molecule has 4 aromatic carbocycles. The zero-order chi connectivity index (χ0) is 59.3. The second-order valence-corrected chi connectivity index (χ2v) is 19.6. The van der Waals surface area contributed by atoms with Gasteiger partial charge in [0.05, 0.1) is 41.2 Å². The highest BCUT2D eigenvalue weighted by Gasteiger charge is 2.39. The molecule has 8 heterocycles. The Morgan fingerprint density at radius 2 is 1.05 bits per heavy atom. The number of nitrogens with two attached hydrogens (primary N) is 1. The summed E-state index contributed by atoms with van der Waals surface area (Å²) in [5.74, 6) is 0.922. The molecule has 4 aliphatic rings. The highest BCUT2D eigenvalue weighted by molar-refractivity contribution is 7.76. The van der Waals surface area contributed by atoms with Crippen LogP contribution in [-0.4, -0.2) is 108 Å². The van der Waals surface area contributed by atoms with Gasteiger partial charge in [0.25, 0.3) is 0 Å². The van der Waals surface area contributed by atoms with Crippen LogP contribution < -0.4 is 20.9 Å². The molecule has 3 N–H and O–H groups in total. The molecular formula is C55H51B6F7N12O4. The third-order valence-electron chi connectivity index (χ3n) is 13.9. The number of alkyl halides is 6. The summed E-state index contributed by atoms with van der Waals surface area (Å²) in [4.78, 5) is 51.9. The van der Waals surface area contributed by atoms with Gasteiger partial charge in [0.1, 0.15) is 36.9 Å². The molecule has 8 radical (unpaired) electrons. The van der Waals surface area contributed by atoms with Crippen LogP contribution >= 0.6 is 0 Å². The van der Waals surface area contributed by atoms with Crippen molar-refractivity contribution in [2.45, 2.75) is 83.5 Å². The largest absolute Gasteiger partial charge is 0.447 e. The van der Waals surface area contributed by atoms with Crippen LogP contribution in [0.15, 0.2) is 134 Å². The van der Waals surface area contributed by atoms with Crippen LogP contribution in [0.1, 0.15) is 102 Å². The van der Waals surface area contributed by atoms with Crippen LogP contribution in [-0.2, 0) is 47.5 Å². The Balaban J connectivity index is 0.000000168. The monoisotopic (exact) mass is 1140 g/mol. The highest BCUT2D eigenvalue weighted by Crippen LogP contribution is 2.38. The van der Waals surface area contributed by atoms with E-state index in [2.05, 4.69) is 35.2 Å². The number of nitrogens with zero attached hydrogens (tertiary/aromatic N) is 10. The summed E-state index contributed by atoms with van der Waals surface area (Å²) < 4.78 is 105. The Bertz CT molecular complexity index is 3580. The van der Waals surface area contributed by atoms with Crippen molar-refractivity contribution in [2.24, 2.45) is 5.73 Å². The molecule has 4 aliphatic heterocycles. The van der Waals surface area contributed by atoms with Gasteiger partial charge in [-0.1, -0.05) is 68.1 Å². The summed E-state index contributed by atoms with van der Waals surface area (Å²) in [6.07, 6.45) is -3.38. The Kier molecular flexibility index (Phi) is 19.2. The first kappa shape index (κ1) is 61.7. The van der Waals surface area contributed by atoms with Crippen LogP contribution in [0.5, 0.6) is 0 Å². The minimum Gasteiger partial charge on any atom is -0.447 e. The topological polar surface area (TPSA) is 184 Å². The fraction of sp³-hybridized carbons (Fsp3) is 0.273. The van der Waals surface area contributed by atoms with E-state index in [1.54, 1.807) is 24.9 Å². The number of fused-ring (bicyclic) bond motifs is 6. The lowest BCUT2D eigenvalue weighted by Crippen LogP contribution is -2.38. The van der Waals surface area contributed by atoms with Crippen LogP contribution in [0.3, 0.4) is 0 Å². The number of carbonyl (C=O) groups is 2. The molecular weight excluding hydrogens is 1090 g/mol. The van der Waals surface area contributed by atoms with Gasteiger partial charge >= 0.3 is 30.6 Å². The van der Waals surface area contributed by atoms with E-state index in [0.29, 0.717) is 54.3 Å². The maximum Gasteiger partial charge on any atom is 0.416 e. The van der Waals surface area contributed by atoms with Crippen molar-refractivity contribution in [2.75, 3.05) is 28.3 Å². The number of anilines is 3. The van der Waals surface area contributed by atoms with E-state index in [4.69, 9.17) is 46.2 Å². The van der Waals surface area contributed by atoms with Crippen LogP contribution in [0.25, 0.3) is 11.4 Å². The molecule has 2 amide bonds. The second-order valence-electron chi connectivity index (χ2n) is 19.6. The van der Waals surface area contributed by atoms with E-state index in [9.17, 15) is 40.3 Å². The van der Waals surface area contributed by atoms with Gasteiger partial charge in [0, 0.05) is 84.9 Å². The van der Waals surface area contributed by atoms with Gasteiger partial charge in [0.15, 0.2) is 0 Å². The SMILES string of the molecule is C.C[C@H](N)c1ncn2c1CCc1cc(C(F)(F)F)ccc1-2.C[C@H](Nc1nccc(N2C(=O)OC[C@@H]2c2ccccc2)n1)c1ncn2c1CCc1cc(C(F)(F)F)ccc1-2.O=C1OC[C@H](c2ccccc2)N1c1ccnc(F)n1.[B]B([B])B([B])[B]. The molecule has 4 aromatic heterocycles. The third kappa shape index (κ3) is 13.8. The fourth-order valence-corrected chi connectivity index (χ4v) is 9.80. The normalized spacial score (nSPS) is 16.4. The molecule has 29 heteroatoms. The first-order valence-electron chi connectivity index (χ1n) is 26.0. The summed E-state index contributed by atoms with van der Waals surface area (Å²) in [5.41, 5.74) is 12.7. The fourth-order valence-electron chi connectivity index (χ4n) is 9.80. The zero-order valence-electron chi connectivity index (χ0n) is 44.5. The predicted octanol–water partition coefficient (Wildman–Crippen LogP) is 9.33. The van der Waals surface area contributed by atoms with Crippen molar-refractivity contribution in [1.29, 1.82) is 0 Å². The predicted molar refractivity (Wildman–Crippen MR) is 308 cm³/mol. The van der Waals surface area contributed by atoms with Gasteiger partial charge in [-0.25, -0.2) is 29.5 Å². The van der Waals surface area contributed by atoms with Gasteiger partial charge in [-0.2, -0.15) is 40.7 Å². The number of hydrogen-bond donors (Lipinski definition) is 2. The number of nitrogens with one attached hydrogen (secondary N) is 1. The summed E-state index contributed by atoms with van der Waals surface area (Å²) in [7, 11) is 19.9. The number of ether oxygens (including phenoxy) is 2. The lowest BCUT2D eigenvalue weighted by molar-refractivity contribution is -0.138. The number of aromatic nitrogens is 8. The summed E-state index contributed by atoms with van der Waals surface area (Å²) in [5, 5.41) is 3.26. The van der Waals surface area contributed by atoms with Crippen molar-refractivity contribution in [1.82, 2.24) is 39.0 Å². The number of cyclic esters (lactones) is 2. The van der Waals surface area contributed by atoms with Gasteiger partial charge in [-0.15, -0.1) is 0 Å². The standard InChI is InChI=1S/C27H23F3N6O2.C14H14F3N3.C13H10FN3O2.CH4.B6/c1-16(24-21-9-7-18-13-19(27(28,29)30)8-10-20(18)35(21)15-32-24)33-25-31-12-11-23(34-25)36-22(14-38-26(36)37)17-5-3-2-4-6-17;1-8(18)13-12-4-2-9-6-10(14(15,16)17)3-5-11(9)20(12)7-19-13;14-12-15-7-6-11(16-12)17-10(8-19-13(17)18)9-4-2-1-3-5-9;;1-5(2)6(3)4/h2-6,8,10-13,15-16,22H,7,9,14H2,1H3,(H,31,33,34);3,5-8H,2,4,18H2,1H3;1-7,10H,8H2;1H4;/t16-,22+;8-;10-;;/m001../s1. The smallest absolute Gasteiger partial charge is 0.416 e. The number of rotatable bonds is 9. The van der Waals surface area contributed by atoms with Crippen molar-refractivity contribution < 1.29 is 49.8 Å². The second kappa shape index (κ2) is 26.1. The van der Waals surface area contributed by atoms with E-state index < -0.39 is 54.5 Å². The zero-order valence-corrected chi connectivity index (χ0v) is 44.5. The molecule has 2 fully saturated rings. The maximum atomic E-state index is 13.2. The molecule has 12 rings (SSSR count). The molecule has 16 nitrogen and oxygen atoms in total. The lowest BCUT2D eigenvalue weighted by Gasteiger charge is -2.23. The number of aryl methyl sites for hydroxylation is 2. The summed E-state index contributed by atoms with van der Waals surface area (Å²) in [6.45, 7) is 4.21. The lowest BCUT2D eigenvalue weighted by atomic mass is 8.81. The van der Waals surface area contributed by atoms with Crippen molar-refractivity contribution >= 4 is 73.5 Å². The van der Waals surface area contributed by atoms with Gasteiger partial charge in [-0.3, -0.25) is 9.80 Å². The van der Waals surface area contributed by atoms with E-state index in [0.717, 1.165) is 51.7 Å². The molecule has 0 spiro atoms. The van der Waals surface area contributed by atoms with Crippen molar-refractivity contribution in [3.8, 4) is 11.4 Å². The number of halogens is 7. The number of benzene rings is 4. The molecule has 0 saturated carbocycles. The van der Waals surface area contributed by atoms with E-state index >= 15 is 0 Å². The van der Waals surface area contributed by atoms with E-state index in [1.165, 1.54) is 46.3 Å². The summed E-state index contributed by atoms with van der Waals surface area (Å²) in [6, 6.07) is 28.7. The van der Waals surface area contributed by atoms with Crippen molar-refractivity contribution in [3.63, 3.8) is 0 Å². The maximum absolute atomic E-state index is 13.2. The number of hydrogen-bond acceptors (Lipinski definition) is 12. The summed E-state index contributed by atoms with van der Waals surface area (Å²) >= 11 is 0. The third-order valence-corrected chi connectivity index (χ3v) is 13.9. The van der Waals surface area contributed by atoms with E-state index in [1.807, 2.05) is 83.6 Å². The van der Waals surface area contributed by atoms with E-state index in [-0.39, 0.29) is 50.6 Å². The Hall–Kier alpha value is -8.34. The minimum absolute atomic E-state index is 0. The van der Waals surface area contributed by atoms with Crippen molar-refractivity contribution in [3.05, 3.63) is 196 Å². The number of imidazole rings is 2. The molecule has 2 saturated heterocycles. The molecule has 0 aliphatic carbocycles.